The number of nitrogens with one attached hydrogen (secondary N) is 2. The van der Waals surface area contributed by atoms with Crippen molar-refractivity contribution in [2.45, 2.75) is 24.9 Å². The van der Waals surface area contributed by atoms with E-state index in [9.17, 15) is 28.9 Å². The molecule has 4 heterocycles. The number of hydrogen-bond donors (Lipinski definition) is 3. The number of β-lactam (4-membered cyclic amide) rings is 1. The number of carbonyl (C=O) groups is 3. The fourth-order valence-electron chi connectivity index (χ4n) is 3.79. The van der Waals surface area contributed by atoms with E-state index in [1.165, 1.54) is 24.8 Å². The lowest BCUT2D eigenvalue weighted by molar-refractivity contribution is -0.689. The first-order valence-corrected chi connectivity index (χ1v) is 15.1. The molecule has 2 aliphatic rings. The van der Waals surface area contributed by atoms with Gasteiger partial charge in [0.2, 0.25) is 16.7 Å². The Balaban J connectivity index is 1.51. The fraction of sp³-hybridized carbons (Fsp3) is 0.318. The summed E-state index contributed by atoms with van der Waals surface area (Å²) in [6, 6.07) is 4.35. The number of aliphatic carboxylic acids is 1. The molecule has 0 spiro atoms. The Morgan fingerprint density at radius 3 is 2.83 bits per heavy atom. The van der Waals surface area contributed by atoms with E-state index < -0.39 is 42.7 Å². The highest BCUT2D eigenvalue weighted by molar-refractivity contribution is 8.00. The highest BCUT2D eigenvalue weighted by Crippen LogP contribution is 2.42. The largest absolute Gasteiger partial charge is 0.543 e. The summed E-state index contributed by atoms with van der Waals surface area (Å²) >= 11 is 1.96. The van der Waals surface area contributed by atoms with Crippen LogP contribution in [0.3, 0.4) is 0 Å². The smallest absolute Gasteiger partial charge is 0.431 e. The van der Waals surface area contributed by atoms with Gasteiger partial charge in [-0.25, -0.2) is 9.13 Å². The molecule has 3 N–H and O–H groups in total. The molecule has 1 fully saturated rings. The predicted molar refractivity (Wildman–Crippen MR) is 141 cm³/mol. The quantitative estimate of drug-likeness (QED) is 0.0496. The van der Waals surface area contributed by atoms with Gasteiger partial charge in [-0.1, -0.05) is 23.9 Å². The van der Waals surface area contributed by atoms with Crippen LogP contribution in [-0.4, -0.2) is 73.0 Å². The first-order chi connectivity index (χ1) is 19.1. The average Bonchev–Trinajstić information content (AvgIpc) is 3.36. The third-order valence-electron chi connectivity index (χ3n) is 5.42. The maximum atomic E-state index is 13.2. The monoisotopic (exact) mass is 609 g/mol. The molecule has 0 aliphatic carbocycles. The summed E-state index contributed by atoms with van der Waals surface area (Å²) in [5, 5.41) is 19.7. The number of carboxylic acid groups (broad SMARTS) is 1. The van der Waals surface area contributed by atoms with E-state index in [4.69, 9.17) is 9.36 Å². The summed E-state index contributed by atoms with van der Waals surface area (Å²) in [6.07, 6.45) is 4.93. The van der Waals surface area contributed by atoms with Crippen LogP contribution in [0.2, 0.25) is 0 Å². The van der Waals surface area contributed by atoms with Gasteiger partial charge in [0.05, 0.1) is 18.3 Å². The first kappa shape index (κ1) is 29.4. The second kappa shape index (κ2) is 12.7. The molecule has 0 saturated carbocycles. The van der Waals surface area contributed by atoms with Gasteiger partial charge >= 0.3 is 7.75 Å². The molecule has 2 aromatic rings. The van der Waals surface area contributed by atoms with E-state index in [0.29, 0.717) is 22.9 Å². The van der Waals surface area contributed by atoms with Crippen LogP contribution in [-0.2, 0) is 34.9 Å². The third kappa shape index (κ3) is 6.56. The zero-order valence-electron chi connectivity index (χ0n) is 21.0. The van der Waals surface area contributed by atoms with Crippen LogP contribution in [0.5, 0.6) is 0 Å². The number of aromatic nitrogens is 3. The van der Waals surface area contributed by atoms with Crippen molar-refractivity contribution in [2.75, 3.05) is 24.1 Å². The van der Waals surface area contributed by atoms with Gasteiger partial charge in [-0.15, -0.1) is 11.8 Å². The normalized spacial score (nSPS) is 20.2. The molecule has 2 aliphatic heterocycles. The number of fused-ring (bicyclic) bond motifs is 1. The molecule has 3 atom stereocenters. The van der Waals surface area contributed by atoms with E-state index in [0.717, 1.165) is 4.90 Å². The molecule has 18 heteroatoms. The van der Waals surface area contributed by atoms with E-state index in [1.807, 2.05) is 6.07 Å². The van der Waals surface area contributed by atoms with Gasteiger partial charge in [0.25, 0.3) is 11.8 Å². The van der Waals surface area contributed by atoms with E-state index in [-0.39, 0.29) is 36.4 Å². The standard InChI is InChI=1S/C22H24N7O8PS2/c1-3-10-36-25-14(17-24-22(40-27-17)26-38(34,35)37-4-2)18(30)23-15-19(31)29-16(21(32)33)13(12-39-20(15)29)11-28-8-6-5-7-9-28/h3,5-9,15,20H,1,4,10-12H2,2H3,(H3-,23,24,26,27,30,32,33,34,35)/t15?,20-/m0/s1. The summed E-state index contributed by atoms with van der Waals surface area (Å²) in [5.41, 5.74) is -0.145. The number of nitrogens with zero attached hydrogens (tertiary/aromatic N) is 5. The number of thioether (sulfide) groups is 1. The lowest BCUT2D eigenvalue weighted by atomic mass is 10.0. The van der Waals surface area contributed by atoms with Gasteiger partial charge in [-0.05, 0) is 6.92 Å². The van der Waals surface area contributed by atoms with Crippen LogP contribution in [0.15, 0.2) is 59.7 Å². The molecule has 15 nitrogen and oxygen atoms in total. The summed E-state index contributed by atoms with van der Waals surface area (Å²) in [4.78, 5) is 58.2. The van der Waals surface area contributed by atoms with Crippen molar-refractivity contribution in [2.24, 2.45) is 5.16 Å². The Morgan fingerprint density at radius 1 is 1.40 bits per heavy atom. The molecular weight excluding hydrogens is 585 g/mol. The SMILES string of the molecule is C=CCON=C(C(=O)NC1C(=O)N2C(C(=O)[O-])=C(C[n+]3ccccc3)CS[C@@H]12)c1nsc(NP(=O)(O)OCC)n1. The van der Waals surface area contributed by atoms with Crippen LogP contribution in [0.1, 0.15) is 12.7 Å². The minimum absolute atomic E-state index is 0.0377. The molecule has 0 bridgehead atoms. The highest BCUT2D eigenvalue weighted by Gasteiger charge is 2.53. The highest BCUT2D eigenvalue weighted by atomic mass is 32.2. The number of amides is 2. The topological polar surface area (TPSA) is 199 Å². The van der Waals surface area contributed by atoms with Crippen molar-refractivity contribution < 1.29 is 42.9 Å². The van der Waals surface area contributed by atoms with Crippen LogP contribution >= 0.6 is 31.0 Å². The van der Waals surface area contributed by atoms with Gasteiger partial charge in [0, 0.05) is 35.0 Å². The van der Waals surface area contributed by atoms with E-state index in [1.54, 1.807) is 29.1 Å². The zero-order valence-corrected chi connectivity index (χ0v) is 23.5. The maximum Gasteiger partial charge on any atom is 0.431 e. The fourth-order valence-corrected chi connectivity index (χ4v) is 6.77. The molecule has 4 rings (SSSR count). The van der Waals surface area contributed by atoms with Crippen molar-refractivity contribution in [3.63, 3.8) is 0 Å². The molecule has 40 heavy (non-hydrogen) atoms. The molecule has 212 valence electrons. The van der Waals surface area contributed by atoms with Gasteiger partial charge in [0.15, 0.2) is 18.9 Å². The minimum atomic E-state index is -4.20. The summed E-state index contributed by atoms with van der Waals surface area (Å²) in [7, 11) is -4.20. The van der Waals surface area contributed by atoms with Gasteiger partial charge in [0.1, 0.15) is 18.0 Å². The Hall–Kier alpha value is -3.63. The van der Waals surface area contributed by atoms with E-state index >= 15 is 0 Å². The third-order valence-corrected chi connectivity index (χ3v) is 8.64. The Morgan fingerprint density at radius 2 is 2.15 bits per heavy atom. The van der Waals surface area contributed by atoms with Crippen molar-refractivity contribution >= 4 is 59.7 Å². The molecule has 0 radical (unpaired) electrons. The van der Waals surface area contributed by atoms with Crippen molar-refractivity contribution in [1.29, 1.82) is 0 Å². The zero-order chi connectivity index (χ0) is 28.9. The van der Waals surface area contributed by atoms with Crippen LogP contribution in [0.25, 0.3) is 0 Å². The summed E-state index contributed by atoms with van der Waals surface area (Å²) in [5.74, 6) is -2.97. The summed E-state index contributed by atoms with van der Waals surface area (Å²) < 4.78 is 22.5. The van der Waals surface area contributed by atoms with Crippen LogP contribution in [0.4, 0.5) is 5.13 Å². The summed E-state index contributed by atoms with van der Waals surface area (Å²) in [6.45, 7) is 5.18. The maximum absolute atomic E-state index is 13.2. The second-order valence-electron chi connectivity index (χ2n) is 8.15. The number of hydrogen-bond acceptors (Lipinski definition) is 12. The molecule has 0 aromatic carbocycles. The van der Waals surface area contributed by atoms with Gasteiger partial charge in [-0.2, -0.15) is 9.36 Å². The molecule has 1 saturated heterocycles. The number of carbonyl (C=O) groups excluding carboxylic acids is 3. The molecule has 2 unspecified atom stereocenters. The van der Waals surface area contributed by atoms with Crippen LogP contribution in [0, 0.1) is 0 Å². The lowest BCUT2D eigenvalue weighted by Gasteiger charge is -2.50. The number of pyridine rings is 1. The molecule has 2 amide bonds. The van der Waals surface area contributed by atoms with Gasteiger partial charge < -0.3 is 24.9 Å². The Bertz CT molecular complexity index is 1420. The lowest BCUT2D eigenvalue weighted by Crippen LogP contribution is -2.71. The molecular formula is C22H24N7O8PS2. The number of rotatable bonds is 13. The van der Waals surface area contributed by atoms with Crippen molar-refractivity contribution in [1.82, 2.24) is 19.6 Å². The average molecular weight is 610 g/mol. The van der Waals surface area contributed by atoms with Crippen molar-refractivity contribution in [3.05, 3.63) is 60.3 Å². The van der Waals surface area contributed by atoms with Gasteiger partial charge in [-0.3, -0.25) is 24.1 Å². The minimum Gasteiger partial charge on any atom is -0.543 e. The number of carboxylic acids is 1. The number of oxime groups is 1. The first-order valence-electron chi connectivity index (χ1n) is 11.7. The predicted octanol–water partition coefficient (Wildman–Crippen LogP) is -0.615. The second-order valence-corrected chi connectivity index (χ2v) is 11.5. The van der Waals surface area contributed by atoms with E-state index in [2.05, 4.69) is 31.5 Å². The van der Waals surface area contributed by atoms with Crippen LogP contribution < -0.4 is 20.1 Å². The number of anilines is 1. The molecule has 2 aromatic heterocycles. The Labute approximate surface area is 236 Å². The Kier molecular flexibility index (Phi) is 9.32. The van der Waals surface area contributed by atoms with Crippen molar-refractivity contribution in [3.8, 4) is 0 Å².